The van der Waals surface area contributed by atoms with Crippen LogP contribution in [0.4, 0.5) is 0 Å². The zero-order chi connectivity index (χ0) is 12.2. The van der Waals surface area contributed by atoms with Gasteiger partial charge in [-0.1, -0.05) is 13.8 Å². The highest BCUT2D eigenvalue weighted by Crippen LogP contribution is 2.31. The maximum absolute atomic E-state index is 12.3. The molecular weight excluding hydrogens is 204 g/mol. The Labute approximate surface area is 96.9 Å². The van der Waals surface area contributed by atoms with Gasteiger partial charge >= 0.3 is 0 Å². The van der Waals surface area contributed by atoms with Crippen molar-refractivity contribution in [1.29, 1.82) is 5.26 Å². The highest BCUT2D eigenvalue weighted by atomic mass is 16.3. The van der Waals surface area contributed by atoms with Gasteiger partial charge in [0, 0.05) is 6.54 Å². The molecule has 1 atom stereocenters. The van der Waals surface area contributed by atoms with E-state index in [1.54, 1.807) is 4.90 Å². The molecule has 90 valence electrons. The lowest BCUT2D eigenvalue weighted by molar-refractivity contribution is -0.141. The first-order chi connectivity index (χ1) is 7.65. The molecule has 1 amide bonds. The zero-order valence-corrected chi connectivity index (χ0v) is 10.1. The molecule has 0 bridgehead atoms. The van der Waals surface area contributed by atoms with Gasteiger partial charge in [-0.2, -0.15) is 5.26 Å². The number of hydrogen-bond donors (Lipinski definition) is 1. The molecule has 1 N–H and O–H groups in total. The normalized spacial score (nSPS) is 20.9. The smallest absolute Gasteiger partial charge is 0.243 e. The van der Waals surface area contributed by atoms with Gasteiger partial charge in [0.05, 0.1) is 18.7 Å². The number of carbonyl (C=O) groups excluding carboxylic acids is 1. The summed E-state index contributed by atoms with van der Waals surface area (Å²) in [6, 6.07) is 2.08. The number of hydrogen-bond acceptors (Lipinski definition) is 3. The number of likely N-dealkylation sites (tertiary alicyclic amines) is 1. The summed E-state index contributed by atoms with van der Waals surface area (Å²) >= 11 is 0. The lowest BCUT2D eigenvalue weighted by Crippen LogP contribution is -2.46. The van der Waals surface area contributed by atoms with Crippen molar-refractivity contribution in [3.63, 3.8) is 0 Å². The third kappa shape index (κ3) is 2.05. The number of amides is 1. The largest absolute Gasteiger partial charge is 0.394 e. The summed E-state index contributed by atoms with van der Waals surface area (Å²) < 4.78 is 0. The van der Waals surface area contributed by atoms with E-state index in [0.717, 1.165) is 12.8 Å². The van der Waals surface area contributed by atoms with Crippen LogP contribution in [0.2, 0.25) is 0 Å². The number of nitrogens with zero attached hydrogens (tertiary/aromatic N) is 2. The molecule has 0 aliphatic carbocycles. The summed E-state index contributed by atoms with van der Waals surface area (Å²) in [5.74, 6) is -0.100. The number of aliphatic hydroxyl groups is 1. The Morgan fingerprint density at radius 1 is 1.56 bits per heavy atom. The molecule has 0 spiro atoms. The molecule has 16 heavy (non-hydrogen) atoms. The molecule has 1 aliphatic heterocycles. The summed E-state index contributed by atoms with van der Waals surface area (Å²) in [5, 5.41) is 18.4. The van der Waals surface area contributed by atoms with E-state index >= 15 is 0 Å². The minimum atomic E-state index is -0.891. The van der Waals surface area contributed by atoms with Crippen molar-refractivity contribution in [1.82, 2.24) is 4.90 Å². The highest BCUT2D eigenvalue weighted by Gasteiger charge is 2.41. The molecule has 1 fully saturated rings. The number of nitriles is 1. The van der Waals surface area contributed by atoms with Crippen molar-refractivity contribution >= 4 is 5.91 Å². The van der Waals surface area contributed by atoms with Crippen molar-refractivity contribution < 1.29 is 9.90 Å². The van der Waals surface area contributed by atoms with E-state index in [1.165, 1.54) is 0 Å². The second kappa shape index (κ2) is 5.31. The van der Waals surface area contributed by atoms with Crippen LogP contribution in [0.25, 0.3) is 0 Å². The van der Waals surface area contributed by atoms with Crippen LogP contribution in [0.5, 0.6) is 0 Å². The van der Waals surface area contributed by atoms with Gasteiger partial charge in [-0.25, -0.2) is 0 Å². The van der Waals surface area contributed by atoms with Crippen LogP contribution in [0.1, 0.15) is 39.5 Å². The van der Waals surface area contributed by atoms with Crippen LogP contribution >= 0.6 is 0 Å². The lowest BCUT2D eigenvalue weighted by Gasteiger charge is -2.31. The van der Waals surface area contributed by atoms with Crippen molar-refractivity contribution in [2.75, 3.05) is 13.2 Å². The molecule has 0 aromatic rings. The van der Waals surface area contributed by atoms with E-state index in [2.05, 4.69) is 6.07 Å². The standard InChI is InChI=1S/C12H20N2O2/c1-3-12(4-2,9-13)11(16)14-7-5-6-10(14)8-15/h10,15H,3-8H2,1-2H3/t10-/m0/s1. The summed E-state index contributed by atoms with van der Waals surface area (Å²) in [4.78, 5) is 14.0. The van der Waals surface area contributed by atoms with Crippen molar-refractivity contribution in [3.05, 3.63) is 0 Å². The third-order valence-electron chi connectivity index (χ3n) is 3.68. The van der Waals surface area contributed by atoms with Gasteiger partial charge in [0.25, 0.3) is 0 Å². The molecule has 0 unspecified atom stereocenters. The molecule has 1 rings (SSSR count). The topological polar surface area (TPSA) is 64.3 Å². The first kappa shape index (κ1) is 13.0. The fraction of sp³-hybridized carbons (Fsp3) is 0.833. The van der Waals surface area contributed by atoms with E-state index < -0.39 is 5.41 Å². The number of aliphatic hydroxyl groups excluding tert-OH is 1. The molecule has 0 aromatic carbocycles. The minimum Gasteiger partial charge on any atom is -0.394 e. The van der Waals surface area contributed by atoms with E-state index in [0.29, 0.717) is 19.4 Å². The van der Waals surface area contributed by atoms with E-state index in [4.69, 9.17) is 0 Å². The molecule has 1 saturated heterocycles. The fourth-order valence-corrected chi connectivity index (χ4v) is 2.33. The van der Waals surface area contributed by atoms with Gasteiger partial charge in [-0.3, -0.25) is 4.79 Å². The first-order valence-corrected chi connectivity index (χ1v) is 5.98. The predicted molar refractivity (Wildman–Crippen MR) is 60.4 cm³/mol. The highest BCUT2D eigenvalue weighted by molar-refractivity contribution is 5.85. The molecule has 0 saturated carbocycles. The van der Waals surface area contributed by atoms with Gasteiger partial charge in [0.2, 0.25) is 5.91 Å². The van der Waals surface area contributed by atoms with E-state index in [9.17, 15) is 15.2 Å². The molecule has 1 heterocycles. The third-order valence-corrected chi connectivity index (χ3v) is 3.68. The van der Waals surface area contributed by atoms with Crippen molar-refractivity contribution in [2.45, 2.75) is 45.6 Å². The molecule has 0 aromatic heterocycles. The maximum Gasteiger partial charge on any atom is 0.243 e. The second-order valence-corrected chi connectivity index (χ2v) is 4.38. The van der Waals surface area contributed by atoms with Crippen molar-refractivity contribution in [3.8, 4) is 6.07 Å². The molecule has 1 aliphatic rings. The Bertz CT molecular complexity index is 292. The average molecular weight is 224 g/mol. The quantitative estimate of drug-likeness (QED) is 0.782. The van der Waals surface area contributed by atoms with E-state index in [-0.39, 0.29) is 18.6 Å². The van der Waals surface area contributed by atoms with Crippen LogP contribution in [0.15, 0.2) is 0 Å². The van der Waals surface area contributed by atoms with Gasteiger partial charge < -0.3 is 10.0 Å². The van der Waals surface area contributed by atoms with Gasteiger partial charge in [-0.15, -0.1) is 0 Å². The monoisotopic (exact) mass is 224 g/mol. The predicted octanol–water partition coefficient (Wildman–Crippen LogP) is 1.30. The summed E-state index contributed by atoms with van der Waals surface area (Å²) in [6.45, 7) is 4.41. The molecule has 0 radical (unpaired) electrons. The summed E-state index contributed by atoms with van der Waals surface area (Å²) in [6.07, 6.45) is 2.84. The Kier molecular flexibility index (Phi) is 4.31. The van der Waals surface area contributed by atoms with Crippen LogP contribution in [-0.2, 0) is 4.79 Å². The molecule has 4 nitrogen and oxygen atoms in total. The Hall–Kier alpha value is -1.08. The maximum atomic E-state index is 12.3. The lowest BCUT2D eigenvalue weighted by atomic mass is 9.82. The number of rotatable bonds is 4. The summed E-state index contributed by atoms with van der Waals surface area (Å²) in [7, 11) is 0. The second-order valence-electron chi connectivity index (χ2n) is 4.38. The Morgan fingerprint density at radius 2 is 2.19 bits per heavy atom. The first-order valence-electron chi connectivity index (χ1n) is 5.98. The summed E-state index contributed by atoms with van der Waals surface area (Å²) in [5.41, 5.74) is -0.891. The molecular formula is C12H20N2O2. The minimum absolute atomic E-state index is 0.000672. The van der Waals surface area contributed by atoms with Gasteiger partial charge in [0.1, 0.15) is 5.41 Å². The number of carbonyl (C=O) groups is 1. The Morgan fingerprint density at radius 3 is 2.62 bits per heavy atom. The fourth-order valence-electron chi connectivity index (χ4n) is 2.33. The van der Waals surface area contributed by atoms with Gasteiger partial charge in [0.15, 0.2) is 0 Å². The van der Waals surface area contributed by atoms with E-state index in [1.807, 2.05) is 13.8 Å². The SMILES string of the molecule is CCC(C#N)(CC)C(=O)N1CCC[C@H]1CO. The van der Waals surface area contributed by atoms with Crippen molar-refractivity contribution in [2.24, 2.45) is 5.41 Å². The van der Waals surface area contributed by atoms with Crippen LogP contribution in [-0.4, -0.2) is 35.1 Å². The zero-order valence-electron chi connectivity index (χ0n) is 10.1. The average Bonchev–Trinajstić information content (AvgIpc) is 2.79. The molecule has 4 heteroatoms. The van der Waals surface area contributed by atoms with Crippen LogP contribution in [0, 0.1) is 16.7 Å². The Balaban J connectivity index is 2.87. The van der Waals surface area contributed by atoms with Crippen LogP contribution in [0.3, 0.4) is 0 Å². The van der Waals surface area contributed by atoms with Gasteiger partial charge in [-0.05, 0) is 25.7 Å². The van der Waals surface area contributed by atoms with Crippen LogP contribution < -0.4 is 0 Å².